The third-order valence-electron chi connectivity index (χ3n) is 2.62. The monoisotopic (exact) mass is 354 g/mol. The lowest BCUT2D eigenvalue weighted by atomic mass is 10.3. The van der Waals surface area contributed by atoms with E-state index in [9.17, 15) is 9.59 Å². The first-order chi connectivity index (χ1) is 12.1. The summed E-state index contributed by atoms with van der Waals surface area (Å²) < 4.78 is 0. The topological polar surface area (TPSA) is 176 Å². The fourth-order valence-electron chi connectivity index (χ4n) is 1.29. The molecule has 0 unspecified atom stereocenters. The molecular formula is C14H26N8O3. The second kappa shape index (κ2) is 14.8. The summed E-state index contributed by atoms with van der Waals surface area (Å²) in [5.74, 6) is -1.15. The number of nitrogens with zero attached hydrogens (tertiary/aromatic N) is 4. The van der Waals surface area contributed by atoms with Gasteiger partial charge in [-0.3, -0.25) is 15.0 Å². The zero-order valence-electron chi connectivity index (χ0n) is 14.5. The second-order valence-corrected chi connectivity index (χ2v) is 4.72. The van der Waals surface area contributed by atoms with Gasteiger partial charge in [-0.05, 0) is 19.4 Å². The van der Waals surface area contributed by atoms with Crippen LogP contribution < -0.4 is 11.1 Å². The van der Waals surface area contributed by atoms with Gasteiger partial charge in [-0.25, -0.2) is 14.8 Å². The van der Waals surface area contributed by atoms with Gasteiger partial charge in [-0.15, -0.1) is 0 Å². The van der Waals surface area contributed by atoms with Gasteiger partial charge in [0, 0.05) is 6.54 Å². The van der Waals surface area contributed by atoms with E-state index in [1.54, 1.807) is 0 Å². The number of amides is 1. The average Bonchev–Trinajstić information content (AvgIpc) is 3.30. The average molecular weight is 354 g/mol. The Balaban J connectivity index is 0.000000382. The Hall–Kier alpha value is -2.82. The molecule has 0 bridgehead atoms. The Morgan fingerprint density at radius 1 is 1.08 bits per heavy atom. The molecule has 2 aromatic rings. The molecule has 2 heterocycles. The van der Waals surface area contributed by atoms with Gasteiger partial charge in [0.15, 0.2) is 0 Å². The molecule has 1 amide bonds. The van der Waals surface area contributed by atoms with Gasteiger partial charge in [0.05, 0.1) is 0 Å². The smallest absolute Gasteiger partial charge is 0.373 e. The lowest BCUT2D eigenvalue weighted by molar-refractivity contribution is 0.0683. The molecule has 0 radical (unpaired) electrons. The lowest BCUT2D eigenvalue weighted by Crippen LogP contribution is -2.25. The summed E-state index contributed by atoms with van der Waals surface area (Å²) >= 11 is 0. The summed E-state index contributed by atoms with van der Waals surface area (Å²) in [6.07, 6.45) is 6.89. The van der Waals surface area contributed by atoms with Crippen molar-refractivity contribution in [2.75, 3.05) is 13.1 Å². The third kappa shape index (κ3) is 11.4. The first-order valence-corrected chi connectivity index (χ1v) is 7.99. The van der Waals surface area contributed by atoms with Crippen LogP contribution in [0.5, 0.6) is 0 Å². The zero-order valence-corrected chi connectivity index (χ0v) is 14.5. The van der Waals surface area contributed by atoms with Crippen molar-refractivity contribution in [3.8, 4) is 0 Å². The molecule has 25 heavy (non-hydrogen) atoms. The largest absolute Gasteiger partial charge is 0.475 e. The van der Waals surface area contributed by atoms with E-state index in [4.69, 9.17) is 10.8 Å². The van der Waals surface area contributed by atoms with Gasteiger partial charge >= 0.3 is 5.97 Å². The molecule has 11 heteroatoms. The third-order valence-corrected chi connectivity index (χ3v) is 2.62. The summed E-state index contributed by atoms with van der Waals surface area (Å²) in [5, 5.41) is 22.4. The van der Waals surface area contributed by atoms with Crippen LogP contribution in [0.4, 0.5) is 0 Å². The maximum Gasteiger partial charge on any atom is 0.373 e. The number of carboxylic acids is 1. The van der Waals surface area contributed by atoms with Gasteiger partial charge in [-0.1, -0.05) is 26.7 Å². The van der Waals surface area contributed by atoms with Crippen LogP contribution in [0.25, 0.3) is 0 Å². The number of nitrogens with two attached hydrogens (primary N) is 1. The first-order valence-electron chi connectivity index (χ1n) is 7.99. The molecule has 0 aromatic carbocycles. The van der Waals surface area contributed by atoms with E-state index in [2.05, 4.69) is 49.5 Å². The molecule has 0 aliphatic carbocycles. The zero-order chi connectivity index (χ0) is 18.9. The molecular weight excluding hydrogens is 328 g/mol. The quantitative estimate of drug-likeness (QED) is 0.448. The van der Waals surface area contributed by atoms with Crippen LogP contribution in [0.1, 0.15) is 60.8 Å². The van der Waals surface area contributed by atoms with Crippen LogP contribution in [-0.4, -0.2) is 60.4 Å². The minimum atomic E-state index is -1.09. The van der Waals surface area contributed by atoms with Crippen LogP contribution in [0.3, 0.4) is 0 Å². The maximum absolute atomic E-state index is 11.1. The number of carboxylic acid groups (broad SMARTS) is 1. The predicted octanol–water partition coefficient (Wildman–Crippen LogP) is 0.583. The fourth-order valence-corrected chi connectivity index (χ4v) is 1.29. The van der Waals surface area contributed by atoms with Crippen molar-refractivity contribution in [1.29, 1.82) is 0 Å². The molecule has 0 spiro atoms. The number of hydrogen-bond donors (Lipinski definition) is 5. The summed E-state index contributed by atoms with van der Waals surface area (Å²) in [7, 11) is 0. The number of nitrogens with one attached hydrogen (secondary N) is 3. The molecule has 0 aliphatic rings. The predicted molar refractivity (Wildman–Crippen MR) is 90.9 cm³/mol. The Morgan fingerprint density at radius 2 is 1.64 bits per heavy atom. The van der Waals surface area contributed by atoms with Crippen LogP contribution in [-0.2, 0) is 0 Å². The number of hydrogen-bond acceptors (Lipinski definition) is 7. The first kappa shape index (κ1) is 22.2. The molecule has 0 atom stereocenters. The number of carbonyl (C=O) groups is 2. The highest BCUT2D eigenvalue weighted by Crippen LogP contribution is 1.87. The number of rotatable bonds is 7. The highest BCUT2D eigenvalue weighted by Gasteiger charge is 2.05. The van der Waals surface area contributed by atoms with Gasteiger partial charge in [0.2, 0.25) is 11.6 Å². The molecule has 2 aromatic heterocycles. The number of H-pyrrole nitrogens is 2. The lowest BCUT2D eigenvalue weighted by Gasteiger charge is -1.99. The van der Waals surface area contributed by atoms with E-state index < -0.39 is 5.97 Å². The number of unbranched alkanes of at least 4 members (excludes halogenated alkanes) is 2. The van der Waals surface area contributed by atoms with Crippen LogP contribution in [0.15, 0.2) is 12.7 Å². The van der Waals surface area contributed by atoms with E-state index in [-0.39, 0.29) is 17.6 Å². The molecule has 11 nitrogen and oxygen atoms in total. The minimum Gasteiger partial charge on any atom is -0.475 e. The van der Waals surface area contributed by atoms with E-state index in [1.165, 1.54) is 19.2 Å². The molecule has 6 N–H and O–H groups in total. The summed E-state index contributed by atoms with van der Waals surface area (Å²) in [5.41, 5.74) is 5.14. The Kier molecular flexibility index (Phi) is 13.1. The number of carbonyl (C=O) groups excluding carboxylic acids is 1. The Labute approximate surface area is 145 Å². The van der Waals surface area contributed by atoms with Gasteiger partial charge in [0.1, 0.15) is 12.7 Å². The molecule has 0 saturated carbocycles. The van der Waals surface area contributed by atoms with Crippen molar-refractivity contribution in [3.63, 3.8) is 0 Å². The van der Waals surface area contributed by atoms with Crippen molar-refractivity contribution < 1.29 is 14.7 Å². The number of aromatic carboxylic acids is 1. The highest BCUT2D eigenvalue weighted by molar-refractivity contribution is 5.90. The van der Waals surface area contributed by atoms with Crippen molar-refractivity contribution in [2.24, 2.45) is 5.73 Å². The highest BCUT2D eigenvalue weighted by atomic mass is 16.4. The van der Waals surface area contributed by atoms with Crippen LogP contribution in [0.2, 0.25) is 0 Å². The van der Waals surface area contributed by atoms with Crippen molar-refractivity contribution in [3.05, 3.63) is 24.3 Å². The fraction of sp³-hybridized carbons (Fsp3) is 0.571. The van der Waals surface area contributed by atoms with Crippen molar-refractivity contribution in [1.82, 2.24) is 35.7 Å². The van der Waals surface area contributed by atoms with E-state index in [0.717, 1.165) is 25.7 Å². The van der Waals surface area contributed by atoms with Crippen molar-refractivity contribution in [2.45, 2.75) is 39.5 Å². The summed E-state index contributed by atoms with van der Waals surface area (Å²) in [6.45, 7) is 5.74. The van der Waals surface area contributed by atoms with E-state index in [0.29, 0.717) is 6.54 Å². The standard InChI is InChI=1S/C7H12N4O.C4H11N.C3H3N3O2/c1-2-3-4-8-7(12)6-9-5-10-11-6;1-2-3-4-5;7-3(8)2-4-1-5-6-2/h5H,2-4H2,1H3,(H,8,12)(H,9,10,11);2-5H2,1H3;1H,(H,7,8)(H,4,5,6). The summed E-state index contributed by atoms with van der Waals surface area (Å²) in [6, 6.07) is 0. The second-order valence-electron chi connectivity index (χ2n) is 4.72. The normalized spacial score (nSPS) is 9.24. The van der Waals surface area contributed by atoms with Crippen LogP contribution in [0, 0.1) is 0 Å². The maximum atomic E-state index is 11.1. The number of aromatic amines is 2. The van der Waals surface area contributed by atoms with E-state index in [1.807, 2.05) is 0 Å². The Bertz CT molecular complexity index is 555. The van der Waals surface area contributed by atoms with E-state index >= 15 is 0 Å². The van der Waals surface area contributed by atoms with Crippen LogP contribution >= 0.6 is 0 Å². The molecule has 2 rings (SSSR count). The molecule has 0 aliphatic heterocycles. The summed E-state index contributed by atoms with van der Waals surface area (Å²) in [4.78, 5) is 28.1. The van der Waals surface area contributed by atoms with Gasteiger partial charge < -0.3 is 16.2 Å². The molecule has 0 fully saturated rings. The molecule has 140 valence electrons. The minimum absolute atomic E-state index is 0.134. The number of aromatic nitrogens is 6. The van der Waals surface area contributed by atoms with Gasteiger partial charge in [-0.2, -0.15) is 10.2 Å². The molecule has 0 saturated heterocycles. The van der Waals surface area contributed by atoms with Gasteiger partial charge in [0.25, 0.3) is 5.91 Å². The Morgan fingerprint density at radius 3 is 1.96 bits per heavy atom. The van der Waals surface area contributed by atoms with Crippen molar-refractivity contribution >= 4 is 11.9 Å². The SMILES string of the molecule is CCCCN.CCCCNC(=O)c1ncn[nH]1.O=C(O)c1ncn[nH]1.